The molecule has 2 rings (SSSR count). The average molecular weight is 237 g/mol. The molecule has 1 N–H and O–H groups in total. The molecule has 1 aromatic heterocycles. The number of aromatic nitrogens is 1. The van der Waals surface area contributed by atoms with Gasteiger partial charge in [0.1, 0.15) is 11.6 Å². The number of nitrogens with one attached hydrogen (secondary N) is 1. The van der Waals surface area contributed by atoms with Crippen LogP contribution >= 0.6 is 0 Å². The van der Waals surface area contributed by atoms with Gasteiger partial charge in [0.05, 0.1) is 6.20 Å². The van der Waals surface area contributed by atoms with Crippen molar-refractivity contribution in [1.82, 2.24) is 10.3 Å². The Hall–Kier alpha value is -1.16. The van der Waals surface area contributed by atoms with Crippen molar-refractivity contribution in [3.05, 3.63) is 23.6 Å². The fourth-order valence-electron chi connectivity index (χ4n) is 2.54. The minimum atomic E-state index is -0.268. The second kappa shape index (κ2) is 4.61. The van der Waals surface area contributed by atoms with Crippen molar-refractivity contribution in [3.63, 3.8) is 0 Å². The second-order valence-corrected chi connectivity index (χ2v) is 5.23. The summed E-state index contributed by atoms with van der Waals surface area (Å²) in [4.78, 5) is 6.58. The molecular formula is C13H20FN3. The van der Waals surface area contributed by atoms with E-state index in [0.29, 0.717) is 6.54 Å². The molecule has 3 nitrogen and oxygen atoms in total. The second-order valence-electron chi connectivity index (χ2n) is 5.23. The Morgan fingerprint density at radius 2 is 2.29 bits per heavy atom. The van der Waals surface area contributed by atoms with E-state index in [1.54, 1.807) is 6.07 Å². The van der Waals surface area contributed by atoms with Crippen molar-refractivity contribution in [3.8, 4) is 0 Å². The normalized spacial score (nSPS) is 18.7. The summed E-state index contributed by atoms with van der Waals surface area (Å²) < 4.78 is 13.2. The van der Waals surface area contributed by atoms with Gasteiger partial charge in [-0.15, -0.1) is 0 Å². The highest BCUT2D eigenvalue weighted by molar-refractivity contribution is 5.50. The Balaban J connectivity index is 2.37. The van der Waals surface area contributed by atoms with Gasteiger partial charge in [-0.2, -0.15) is 0 Å². The summed E-state index contributed by atoms with van der Waals surface area (Å²) in [5, 5.41) is 3.07. The van der Waals surface area contributed by atoms with Gasteiger partial charge < -0.3 is 10.2 Å². The highest BCUT2D eigenvalue weighted by Crippen LogP contribution is 2.34. The number of pyridine rings is 1. The maximum absolute atomic E-state index is 13.2. The number of rotatable bonds is 3. The van der Waals surface area contributed by atoms with Crippen LogP contribution in [0.2, 0.25) is 0 Å². The van der Waals surface area contributed by atoms with Gasteiger partial charge >= 0.3 is 0 Å². The van der Waals surface area contributed by atoms with E-state index in [0.717, 1.165) is 24.3 Å². The van der Waals surface area contributed by atoms with Crippen molar-refractivity contribution in [2.24, 2.45) is 0 Å². The maximum atomic E-state index is 13.2. The number of halogens is 1. The fraction of sp³-hybridized carbons (Fsp3) is 0.615. The van der Waals surface area contributed by atoms with Crippen LogP contribution in [0, 0.1) is 5.82 Å². The van der Waals surface area contributed by atoms with Crippen LogP contribution in [0.3, 0.4) is 0 Å². The Morgan fingerprint density at radius 3 is 2.88 bits per heavy atom. The lowest BCUT2D eigenvalue weighted by Gasteiger charge is -2.34. The van der Waals surface area contributed by atoms with E-state index in [1.165, 1.54) is 12.6 Å². The first-order valence-corrected chi connectivity index (χ1v) is 6.11. The molecule has 2 heterocycles. The Labute approximate surface area is 102 Å². The molecule has 0 atom stereocenters. The summed E-state index contributed by atoms with van der Waals surface area (Å²) >= 11 is 0. The van der Waals surface area contributed by atoms with Gasteiger partial charge in [0, 0.05) is 24.2 Å². The third kappa shape index (κ3) is 2.41. The van der Waals surface area contributed by atoms with Crippen molar-refractivity contribution in [1.29, 1.82) is 0 Å². The van der Waals surface area contributed by atoms with Crippen molar-refractivity contribution >= 4 is 5.82 Å². The number of hydrogen-bond donors (Lipinski definition) is 1. The van der Waals surface area contributed by atoms with Crippen molar-refractivity contribution < 1.29 is 4.39 Å². The van der Waals surface area contributed by atoms with E-state index in [2.05, 4.69) is 29.0 Å². The topological polar surface area (TPSA) is 28.2 Å². The third-order valence-electron chi connectivity index (χ3n) is 3.43. The van der Waals surface area contributed by atoms with Crippen LogP contribution in [0.1, 0.15) is 32.3 Å². The molecule has 0 saturated carbocycles. The van der Waals surface area contributed by atoms with Gasteiger partial charge in [0.25, 0.3) is 0 Å². The lowest BCUT2D eigenvalue weighted by atomic mass is 10.0. The molecular weight excluding hydrogens is 217 g/mol. The van der Waals surface area contributed by atoms with Crippen LogP contribution < -0.4 is 10.2 Å². The van der Waals surface area contributed by atoms with E-state index in [1.807, 2.05) is 7.05 Å². The third-order valence-corrected chi connectivity index (χ3v) is 3.43. The van der Waals surface area contributed by atoms with Gasteiger partial charge in [0.2, 0.25) is 0 Å². The quantitative estimate of drug-likeness (QED) is 0.874. The first-order chi connectivity index (χ1) is 8.04. The Morgan fingerprint density at radius 1 is 1.53 bits per heavy atom. The molecule has 1 saturated heterocycles. The fourth-order valence-corrected chi connectivity index (χ4v) is 2.54. The van der Waals surface area contributed by atoms with Gasteiger partial charge in [-0.25, -0.2) is 9.37 Å². The molecule has 0 bridgehead atoms. The van der Waals surface area contributed by atoms with Gasteiger partial charge in [-0.05, 0) is 39.8 Å². The highest BCUT2D eigenvalue weighted by Gasteiger charge is 2.33. The first-order valence-electron chi connectivity index (χ1n) is 6.11. The van der Waals surface area contributed by atoms with Gasteiger partial charge in [-0.1, -0.05) is 0 Å². The SMILES string of the molecule is CNCc1cc(F)cnc1N1CCCC1(C)C. The lowest BCUT2D eigenvalue weighted by Crippen LogP contribution is -2.39. The molecule has 0 amide bonds. The molecule has 17 heavy (non-hydrogen) atoms. The van der Waals surface area contributed by atoms with E-state index in [4.69, 9.17) is 0 Å². The van der Waals surface area contributed by atoms with Crippen LogP contribution in [-0.2, 0) is 6.54 Å². The standard InChI is InChI=1S/C13H20FN3/c1-13(2)5-4-6-17(13)12-10(8-15-3)7-11(14)9-16-12/h7,9,15H,4-6,8H2,1-3H3. The predicted octanol–water partition coefficient (Wildman–Crippen LogP) is 2.32. The summed E-state index contributed by atoms with van der Waals surface area (Å²) in [6, 6.07) is 1.58. The summed E-state index contributed by atoms with van der Waals surface area (Å²) in [6.45, 7) is 6.08. The monoisotopic (exact) mass is 237 g/mol. The zero-order valence-electron chi connectivity index (χ0n) is 10.8. The molecule has 94 valence electrons. The molecule has 4 heteroatoms. The van der Waals surface area contributed by atoms with Crippen molar-refractivity contribution in [2.45, 2.75) is 38.8 Å². The molecule has 1 aliphatic heterocycles. The van der Waals surface area contributed by atoms with Gasteiger partial charge in [0.15, 0.2) is 0 Å². The zero-order chi connectivity index (χ0) is 12.5. The Bertz CT molecular complexity index is 404. The molecule has 1 fully saturated rings. The van der Waals surface area contributed by atoms with Crippen LogP contribution in [0.15, 0.2) is 12.3 Å². The maximum Gasteiger partial charge on any atom is 0.141 e. The molecule has 1 aromatic rings. The lowest BCUT2D eigenvalue weighted by molar-refractivity contribution is 0.511. The van der Waals surface area contributed by atoms with Crippen LogP contribution in [0.25, 0.3) is 0 Å². The van der Waals surface area contributed by atoms with E-state index >= 15 is 0 Å². The minimum Gasteiger partial charge on any atom is -0.351 e. The van der Waals surface area contributed by atoms with Crippen LogP contribution in [0.5, 0.6) is 0 Å². The molecule has 0 unspecified atom stereocenters. The molecule has 0 aromatic carbocycles. The average Bonchev–Trinajstić information content (AvgIpc) is 2.59. The molecule has 1 aliphatic rings. The highest BCUT2D eigenvalue weighted by atomic mass is 19.1. The number of hydrogen-bond acceptors (Lipinski definition) is 3. The molecule has 0 radical (unpaired) electrons. The largest absolute Gasteiger partial charge is 0.351 e. The zero-order valence-corrected chi connectivity index (χ0v) is 10.8. The number of nitrogens with zero attached hydrogens (tertiary/aromatic N) is 2. The molecule has 0 spiro atoms. The first kappa shape index (κ1) is 12.3. The van der Waals surface area contributed by atoms with E-state index < -0.39 is 0 Å². The molecule has 0 aliphatic carbocycles. The Kier molecular flexibility index (Phi) is 3.33. The summed E-state index contributed by atoms with van der Waals surface area (Å²) in [5.74, 6) is 0.652. The minimum absolute atomic E-state index is 0.118. The van der Waals surface area contributed by atoms with Crippen molar-refractivity contribution in [2.75, 3.05) is 18.5 Å². The smallest absolute Gasteiger partial charge is 0.141 e. The summed E-state index contributed by atoms with van der Waals surface area (Å²) in [7, 11) is 1.86. The number of anilines is 1. The van der Waals surface area contributed by atoms with E-state index in [9.17, 15) is 4.39 Å². The van der Waals surface area contributed by atoms with Gasteiger partial charge in [-0.3, -0.25) is 0 Å². The predicted molar refractivity (Wildman–Crippen MR) is 67.6 cm³/mol. The van der Waals surface area contributed by atoms with Crippen LogP contribution in [0.4, 0.5) is 10.2 Å². The van der Waals surface area contributed by atoms with E-state index in [-0.39, 0.29) is 11.4 Å². The summed E-state index contributed by atoms with van der Waals surface area (Å²) in [6.07, 6.45) is 3.64. The van der Waals surface area contributed by atoms with Crippen LogP contribution in [-0.4, -0.2) is 24.1 Å². The summed E-state index contributed by atoms with van der Waals surface area (Å²) in [5.41, 5.74) is 1.05.